The molecule has 3 aromatic heterocycles. The van der Waals surface area contributed by atoms with Gasteiger partial charge in [-0.1, -0.05) is 18.8 Å². The van der Waals surface area contributed by atoms with Crippen LogP contribution in [0.15, 0.2) is 26.4 Å². The van der Waals surface area contributed by atoms with Gasteiger partial charge >= 0.3 is 23.2 Å². The van der Waals surface area contributed by atoms with Crippen LogP contribution in [0.5, 0.6) is 11.5 Å². The topological polar surface area (TPSA) is 238 Å². The Kier molecular flexibility index (Phi) is 8.69. The van der Waals surface area contributed by atoms with Crippen molar-refractivity contribution in [3.63, 3.8) is 0 Å². The Morgan fingerprint density at radius 2 is 1.91 bits per heavy atom. The number of imidazole rings is 1. The zero-order chi connectivity index (χ0) is 37.3. The van der Waals surface area contributed by atoms with E-state index in [1.165, 1.54) is 22.6 Å². The van der Waals surface area contributed by atoms with Crippen LogP contribution in [0.1, 0.15) is 92.2 Å². The molecule has 1 aromatic carbocycles. The van der Waals surface area contributed by atoms with E-state index in [9.17, 15) is 29.1 Å². The molecular weight excluding hydrogens is 698 g/mol. The second-order valence-corrected chi connectivity index (χ2v) is 13.5. The van der Waals surface area contributed by atoms with E-state index in [-0.39, 0.29) is 72.1 Å². The maximum Gasteiger partial charge on any atom is 0.347 e. The van der Waals surface area contributed by atoms with Crippen molar-refractivity contribution in [3.05, 3.63) is 49.9 Å². The molecule has 7 atom stereocenters. The molecule has 0 saturated carbocycles. The number of nitrogens with zero attached hydrogens (tertiary/aromatic N) is 3. The number of hydrogen-bond acceptors (Lipinski definition) is 15. The molecule has 280 valence electrons. The lowest BCUT2D eigenvalue weighted by molar-refractivity contribution is -0.739. The van der Waals surface area contributed by atoms with E-state index in [0.29, 0.717) is 41.5 Å². The maximum absolute atomic E-state index is 13.5. The number of methoxy groups -OCH3 is 1. The molecule has 6 heterocycles. The van der Waals surface area contributed by atoms with Gasteiger partial charge in [0.05, 0.1) is 24.0 Å². The van der Waals surface area contributed by atoms with Gasteiger partial charge in [-0.15, -0.1) is 0 Å². The second kappa shape index (κ2) is 13.3. The van der Waals surface area contributed by atoms with Crippen LogP contribution in [0, 0.1) is 0 Å². The smallest absolute Gasteiger partial charge is 0.347 e. The summed E-state index contributed by atoms with van der Waals surface area (Å²) in [7, 11) is 1.45. The Labute approximate surface area is 299 Å². The molecule has 4 N–H and O–H groups in total. The number of rotatable bonds is 10. The number of aromatic nitrogens is 4. The minimum Gasteiger partial charge on any atom is -0.496 e. The van der Waals surface area contributed by atoms with Crippen molar-refractivity contribution in [2.45, 2.75) is 102 Å². The predicted octanol–water partition coefficient (Wildman–Crippen LogP) is 1.57. The van der Waals surface area contributed by atoms with Gasteiger partial charge in [0.15, 0.2) is 18.3 Å². The fourth-order valence-electron chi connectivity index (χ4n) is 7.85. The van der Waals surface area contributed by atoms with Crippen LogP contribution in [-0.4, -0.2) is 75.7 Å². The Morgan fingerprint density at radius 1 is 1.13 bits per heavy atom. The molecule has 0 unspecified atom stereocenters. The van der Waals surface area contributed by atoms with Gasteiger partial charge in [0, 0.05) is 31.7 Å². The third-order valence-electron chi connectivity index (χ3n) is 10.2. The summed E-state index contributed by atoms with van der Waals surface area (Å²) in [6.45, 7) is 3.52. The highest BCUT2D eigenvalue weighted by atomic mass is 16.7. The number of hydrogen-bond donors (Lipinski definition) is 3. The average Bonchev–Trinajstić information content (AvgIpc) is 3.92. The molecule has 1 aliphatic carbocycles. The third-order valence-corrected chi connectivity index (χ3v) is 10.2. The molecule has 4 aliphatic rings. The van der Waals surface area contributed by atoms with E-state index >= 15 is 0 Å². The first kappa shape index (κ1) is 34.7. The van der Waals surface area contributed by atoms with Gasteiger partial charge < -0.3 is 43.7 Å². The standard InChI is InChI=1S/C35H37N5O13/c1-4-6-21(42)48-12-19-16(50-22(43)7-5-2)11-20(49-19)39-13-40(27-30(39)37-35(36)38-31(27)45)32-28(44)26-25-18(51-34(26)53-32)10-17(47-3)24-14-8-9-15(41)23(14)33(46)52-29(24)25/h10,13,16,19-20,26,28,32,34,44H,4-9,11-12H2,1-3H3,(H2-,36,37,38,45)/p+1/t16-,19+,20+,26+,28+,32+,34-/m0/s1. The summed E-state index contributed by atoms with van der Waals surface area (Å²) in [5, 5.41) is 12.4. The van der Waals surface area contributed by atoms with Crippen molar-refractivity contribution in [2.75, 3.05) is 19.5 Å². The molecule has 18 heteroatoms. The molecule has 2 saturated heterocycles. The van der Waals surface area contributed by atoms with Crippen LogP contribution in [0.4, 0.5) is 5.95 Å². The van der Waals surface area contributed by atoms with Crippen molar-refractivity contribution in [3.8, 4) is 11.5 Å². The number of nitrogens with two attached hydrogens (primary N) is 1. The summed E-state index contributed by atoms with van der Waals surface area (Å²) in [6.07, 6.45) is -2.60. The Bertz CT molecular complexity index is 2300. The van der Waals surface area contributed by atoms with E-state index in [0.717, 1.165) is 0 Å². The minimum absolute atomic E-state index is 0.0143. The number of aliphatic hydroxyl groups is 1. The SMILES string of the molecule is CCCC(=O)OC[C@H]1O[C@@H]([n+]2cn([C@@H]3O[C@@H]4Oc5cc(OC)c6c7c(c(=O)oc6c5[C@@H]4[C@H]3O)C(=O)CC7)c3c(=O)[nH]c(N)nc32)C[C@@H]1OC(=O)CCC. The summed E-state index contributed by atoms with van der Waals surface area (Å²) in [5.74, 6) is -1.67. The fourth-order valence-corrected chi connectivity index (χ4v) is 7.85. The van der Waals surface area contributed by atoms with Crippen LogP contribution < -0.4 is 31.0 Å². The number of carbonyl (C=O) groups is 3. The zero-order valence-corrected chi connectivity index (χ0v) is 29.1. The number of ether oxygens (including phenoxy) is 6. The van der Waals surface area contributed by atoms with E-state index in [2.05, 4.69) is 9.97 Å². The third kappa shape index (κ3) is 5.62. The highest BCUT2D eigenvalue weighted by molar-refractivity contribution is 6.06. The summed E-state index contributed by atoms with van der Waals surface area (Å²) in [4.78, 5) is 70.8. The van der Waals surface area contributed by atoms with E-state index < -0.39 is 66.1 Å². The number of fused-ring (bicyclic) bond motifs is 8. The molecule has 4 aromatic rings. The second-order valence-electron chi connectivity index (χ2n) is 13.5. The highest BCUT2D eigenvalue weighted by Crippen LogP contribution is 2.54. The van der Waals surface area contributed by atoms with E-state index in [1.54, 1.807) is 6.07 Å². The lowest BCUT2D eigenvalue weighted by atomic mass is 9.91. The zero-order valence-electron chi connectivity index (χ0n) is 29.1. The van der Waals surface area contributed by atoms with Crippen molar-refractivity contribution in [2.24, 2.45) is 0 Å². The monoisotopic (exact) mass is 736 g/mol. The predicted molar refractivity (Wildman–Crippen MR) is 179 cm³/mol. The molecule has 0 bridgehead atoms. The van der Waals surface area contributed by atoms with Crippen LogP contribution in [-0.2, 0) is 35.0 Å². The number of anilines is 1. The number of nitrogens with one attached hydrogen (secondary N) is 1. The van der Waals surface area contributed by atoms with Crippen molar-refractivity contribution in [1.82, 2.24) is 14.5 Å². The summed E-state index contributed by atoms with van der Waals surface area (Å²) in [5.41, 5.74) is 5.57. The molecule has 18 nitrogen and oxygen atoms in total. The summed E-state index contributed by atoms with van der Waals surface area (Å²) in [6, 6.07) is 1.61. The normalized spacial score (nSPS) is 25.7. The van der Waals surface area contributed by atoms with E-state index in [1.807, 2.05) is 13.8 Å². The number of ketones is 1. The quantitative estimate of drug-likeness (QED) is 0.119. The molecule has 3 aliphatic heterocycles. The van der Waals surface area contributed by atoms with E-state index in [4.69, 9.17) is 38.6 Å². The highest BCUT2D eigenvalue weighted by Gasteiger charge is 2.56. The number of aliphatic hydroxyl groups excluding tert-OH is 1. The molecule has 0 amide bonds. The first-order chi connectivity index (χ1) is 25.5. The average molecular weight is 737 g/mol. The van der Waals surface area contributed by atoms with Gasteiger partial charge in [-0.05, 0) is 24.8 Å². The largest absolute Gasteiger partial charge is 0.496 e. The molecular formula is C35H38N5O13+. The summed E-state index contributed by atoms with van der Waals surface area (Å²) < 4.78 is 44.2. The number of aryl methyl sites for hydroxylation is 1. The molecule has 0 radical (unpaired) electrons. The maximum atomic E-state index is 13.5. The number of aromatic amines is 1. The lowest BCUT2D eigenvalue weighted by Crippen LogP contribution is -2.40. The van der Waals surface area contributed by atoms with Gasteiger partial charge in [-0.3, -0.25) is 24.2 Å². The van der Waals surface area contributed by atoms with Crippen LogP contribution in [0.3, 0.4) is 0 Å². The number of esters is 2. The van der Waals surface area contributed by atoms with Gasteiger partial charge in [-0.2, -0.15) is 0 Å². The first-order valence-electron chi connectivity index (χ1n) is 17.6. The van der Waals surface area contributed by atoms with Gasteiger partial charge in [0.2, 0.25) is 18.0 Å². The van der Waals surface area contributed by atoms with Gasteiger partial charge in [0.1, 0.15) is 47.6 Å². The fraction of sp³-hybridized carbons (Fsp3) is 0.514. The van der Waals surface area contributed by atoms with Crippen LogP contribution in [0.25, 0.3) is 22.1 Å². The molecule has 53 heavy (non-hydrogen) atoms. The molecule has 0 spiro atoms. The molecule has 8 rings (SSSR count). The van der Waals surface area contributed by atoms with Gasteiger partial charge in [-0.25, -0.2) is 13.9 Å². The van der Waals surface area contributed by atoms with Crippen LogP contribution in [0.2, 0.25) is 0 Å². The number of H-pyrrole nitrogens is 1. The lowest BCUT2D eigenvalue weighted by Gasteiger charge is -2.18. The van der Waals surface area contributed by atoms with Gasteiger partial charge in [0.25, 0.3) is 11.5 Å². The molecule has 2 fully saturated rings. The number of Topliss-reactive ketones (excluding diaryl/α,β-unsaturated/α-hetero) is 1. The Balaban J connectivity index is 1.17. The van der Waals surface area contributed by atoms with Crippen LogP contribution >= 0.6 is 0 Å². The Morgan fingerprint density at radius 3 is 2.66 bits per heavy atom. The summed E-state index contributed by atoms with van der Waals surface area (Å²) >= 11 is 0. The number of benzene rings is 1. The van der Waals surface area contributed by atoms with Crippen molar-refractivity contribution < 1.29 is 56.9 Å². The number of nitrogen functional groups attached to an aromatic ring is 1. The first-order valence-corrected chi connectivity index (χ1v) is 17.6. The Hall–Kier alpha value is -5.33. The van der Waals surface area contributed by atoms with Crippen molar-refractivity contribution in [1.29, 1.82) is 0 Å². The number of carbonyl (C=O) groups excluding carboxylic acids is 3. The van der Waals surface area contributed by atoms with Crippen molar-refractivity contribution >= 4 is 45.8 Å². The minimum atomic E-state index is -1.38.